The van der Waals surface area contributed by atoms with Gasteiger partial charge in [0.25, 0.3) is 5.91 Å². The summed E-state index contributed by atoms with van der Waals surface area (Å²) in [6.45, 7) is 2.07. The number of fused-ring (bicyclic) bond motifs is 3. The quantitative estimate of drug-likeness (QED) is 0.496. The third kappa shape index (κ3) is 3.66. The van der Waals surface area contributed by atoms with Gasteiger partial charge in [0.15, 0.2) is 11.3 Å². The van der Waals surface area contributed by atoms with Crippen LogP contribution in [0.2, 0.25) is 0 Å². The highest BCUT2D eigenvalue weighted by molar-refractivity contribution is 8.13. The number of hydrogen-bond donors (Lipinski definition) is 1. The van der Waals surface area contributed by atoms with Gasteiger partial charge in [-0.1, -0.05) is 102 Å². The first-order valence-electron chi connectivity index (χ1n) is 11.2. The lowest BCUT2D eigenvalue weighted by Crippen LogP contribution is -2.50. The van der Waals surface area contributed by atoms with Crippen LogP contribution >= 0.6 is 11.8 Å². The predicted octanol–water partition coefficient (Wildman–Crippen LogP) is 4.22. The van der Waals surface area contributed by atoms with E-state index < -0.39 is 6.17 Å². The van der Waals surface area contributed by atoms with E-state index in [1.165, 1.54) is 22.9 Å². The van der Waals surface area contributed by atoms with Gasteiger partial charge in [0.05, 0.1) is 5.36 Å². The number of amides is 1. The van der Waals surface area contributed by atoms with Crippen molar-refractivity contribution in [1.82, 2.24) is 10.3 Å². The lowest BCUT2D eigenvalue weighted by Gasteiger charge is -2.34. The summed E-state index contributed by atoms with van der Waals surface area (Å²) < 4.78 is 0. The average Bonchev–Trinajstić information content (AvgIpc) is 2.87. The molecule has 0 unspecified atom stereocenters. The number of aryl methyl sites for hydroxylation is 1. The van der Waals surface area contributed by atoms with E-state index in [0.717, 1.165) is 32.7 Å². The van der Waals surface area contributed by atoms with Crippen LogP contribution in [0.15, 0.2) is 101 Å². The molecule has 1 atom stereocenters. The van der Waals surface area contributed by atoms with E-state index in [0.29, 0.717) is 10.9 Å². The van der Waals surface area contributed by atoms with Gasteiger partial charge in [0.2, 0.25) is 0 Å². The van der Waals surface area contributed by atoms with E-state index in [2.05, 4.69) is 60.8 Å². The van der Waals surface area contributed by atoms with Crippen LogP contribution in [0.5, 0.6) is 0 Å². The van der Waals surface area contributed by atoms with Gasteiger partial charge in [-0.3, -0.25) is 15.1 Å². The molecule has 0 bridgehead atoms. The largest absolute Gasteiger partial charge is 0.298 e. The van der Waals surface area contributed by atoms with E-state index in [1.54, 1.807) is 5.01 Å². The van der Waals surface area contributed by atoms with Crippen molar-refractivity contribution in [1.29, 1.82) is 0 Å². The second-order valence-electron chi connectivity index (χ2n) is 8.42. The van der Waals surface area contributed by atoms with Gasteiger partial charge in [0.1, 0.15) is 5.70 Å². The van der Waals surface area contributed by atoms with Crippen LogP contribution < -0.4 is 15.9 Å². The molecule has 0 saturated carbocycles. The smallest absolute Gasteiger partial charge is 0.276 e. The molecule has 0 spiro atoms. The summed E-state index contributed by atoms with van der Waals surface area (Å²) in [5.74, 6) is 0.559. The maximum absolute atomic E-state index is 13.4. The molecule has 0 saturated heterocycles. The Balaban J connectivity index is 1.46. The lowest BCUT2D eigenvalue weighted by atomic mass is 10.0. The van der Waals surface area contributed by atoms with Gasteiger partial charge in [0, 0.05) is 16.5 Å². The van der Waals surface area contributed by atoms with Crippen molar-refractivity contribution in [3.63, 3.8) is 0 Å². The predicted molar refractivity (Wildman–Crippen MR) is 137 cm³/mol. The molecule has 1 amide bonds. The van der Waals surface area contributed by atoms with Gasteiger partial charge in [-0.25, -0.2) is 5.01 Å². The molecule has 2 aliphatic rings. The Kier molecular flexibility index (Phi) is 5.15. The van der Waals surface area contributed by atoms with Crippen LogP contribution in [0.1, 0.15) is 22.9 Å². The van der Waals surface area contributed by atoms with Crippen LogP contribution in [0.3, 0.4) is 0 Å². The topological polar surface area (TPSA) is 57.1 Å². The zero-order chi connectivity index (χ0) is 23.1. The summed E-state index contributed by atoms with van der Waals surface area (Å²) in [6.07, 6.45) is -0.433. The van der Waals surface area contributed by atoms with Crippen molar-refractivity contribution in [3.05, 3.63) is 118 Å². The average molecular weight is 463 g/mol. The van der Waals surface area contributed by atoms with Crippen LogP contribution in [0.4, 0.5) is 0 Å². The van der Waals surface area contributed by atoms with Gasteiger partial charge < -0.3 is 0 Å². The number of hydrazone groups is 1. The van der Waals surface area contributed by atoms with Crippen molar-refractivity contribution in [3.8, 4) is 0 Å². The minimum atomic E-state index is -0.433. The van der Waals surface area contributed by atoms with Gasteiger partial charge in [-0.05, 0) is 29.3 Å². The van der Waals surface area contributed by atoms with Crippen LogP contribution in [-0.4, -0.2) is 16.1 Å². The van der Waals surface area contributed by atoms with E-state index in [1.807, 2.05) is 42.5 Å². The third-order valence-electron chi connectivity index (χ3n) is 6.11. The number of carbonyl (C=O) groups excluding carboxylic acids is 1. The zero-order valence-corrected chi connectivity index (χ0v) is 19.4. The van der Waals surface area contributed by atoms with Crippen molar-refractivity contribution >= 4 is 39.3 Å². The van der Waals surface area contributed by atoms with E-state index in [4.69, 9.17) is 10.1 Å². The van der Waals surface area contributed by atoms with Crippen molar-refractivity contribution in [2.45, 2.75) is 18.8 Å². The second kappa shape index (κ2) is 8.47. The molecular formula is C28H22N4OS. The molecule has 0 aromatic heterocycles. The number of para-hydroxylation sites is 1. The number of nitrogens with one attached hydrogen (secondary N) is 1. The third-order valence-corrected chi connectivity index (χ3v) is 7.05. The number of nitrogens with zero attached hydrogens (tertiary/aromatic N) is 3. The normalized spacial score (nSPS) is 16.9. The molecule has 0 radical (unpaired) electrons. The fraction of sp³-hybridized carbons (Fsp3) is 0.107. The fourth-order valence-corrected chi connectivity index (χ4v) is 5.21. The number of amidine groups is 1. The van der Waals surface area contributed by atoms with E-state index in [9.17, 15) is 4.79 Å². The Hall–Kier alpha value is -3.90. The molecular weight excluding hydrogens is 440 g/mol. The first-order valence-corrected chi connectivity index (χ1v) is 12.2. The maximum atomic E-state index is 13.4. The molecule has 0 aliphatic carbocycles. The molecule has 5 nitrogen and oxygen atoms in total. The first kappa shape index (κ1) is 20.7. The minimum Gasteiger partial charge on any atom is -0.298 e. The summed E-state index contributed by atoms with van der Waals surface area (Å²) in [7, 11) is 0. The number of rotatable bonds is 3. The van der Waals surface area contributed by atoms with Gasteiger partial charge in [-0.15, -0.1) is 5.10 Å². The Labute approximate surface area is 201 Å². The molecule has 6 heteroatoms. The van der Waals surface area contributed by atoms with E-state index in [-0.39, 0.29) is 5.91 Å². The highest BCUT2D eigenvalue weighted by atomic mass is 32.2. The van der Waals surface area contributed by atoms with Crippen LogP contribution in [0, 0.1) is 6.92 Å². The number of hydrogen-bond acceptors (Lipinski definition) is 5. The van der Waals surface area contributed by atoms with Crippen LogP contribution in [0.25, 0.3) is 16.5 Å². The maximum Gasteiger partial charge on any atom is 0.276 e. The monoisotopic (exact) mass is 462 g/mol. The molecule has 4 aromatic rings. The SMILES string of the molecule is Cc1ccc(CSC2=NN3C(=c4ccccc4=N[C@@H]3c3cccc4ccccc34)C(=O)N2)cc1. The molecule has 6 rings (SSSR count). The standard InChI is InChI=1S/C28H22N4OS/c1-18-13-15-19(16-14-18)17-34-28-30-27(33)25-23-10-4-5-12-24(23)29-26(32(25)31-28)22-11-6-8-20-7-2-3-9-21(20)22/h2-16,26H,17H2,1H3,(H,30,31,33)/t26-/m0/s1. The second-order valence-corrected chi connectivity index (χ2v) is 9.38. The summed E-state index contributed by atoms with van der Waals surface area (Å²) in [5.41, 5.74) is 3.96. The van der Waals surface area contributed by atoms with Crippen molar-refractivity contribution in [2.75, 3.05) is 0 Å². The zero-order valence-electron chi connectivity index (χ0n) is 18.6. The Morgan fingerprint density at radius 2 is 1.68 bits per heavy atom. The molecule has 1 N–H and O–H groups in total. The fourth-order valence-electron chi connectivity index (χ4n) is 4.41. The number of thioether (sulfide) groups is 1. The first-order chi connectivity index (χ1) is 16.7. The molecule has 2 aliphatic heterocycles. The molecule has 2 heterocycles. The number of carbonyl (C=O) groups is 1. The number of benzene rings is 4. The van der Waals surface area contributed by atoms with E-state index >= 15 is 0 Å². The Bertz CT molecular complexity index is 1570. The molecule has 4 aromatic carbocycles. The highest BCUT2D eigenvalue weighted by Gasteiger charge is 2.35. The van der Waals surface area contributed by atoms with Crippen LogP contribution in [-0.2, 0) is 10.5 Å². The molecule has 166 valence electrons. The van der Waals surface area contributed by atoms with Crippen molar-refractivity contribution in [2.24, 2.45) is 10.1 Å². The van der Waals surface area contributed by atoms with Crippen molar-refractivity contribution < 1.29 is 4.79 Å². The summed E-state index contributed by atoms with van der Waals surface area (Å²) >= 11 is 1.52. The summed E-state index contributed by atoms with van der Waals surface area (Å²) in [4.78, 5) is 18.4. The Morgan fingerprint density at radius 1 is 0.912 bits per heavy atom. The molecule has 0 fully saturated rings. The highest BCUT2D eigenvalue weighted by Crippen LogP contribution is 2.34. The summed E-state index contributed by atoms with van der Waals surface area (Å²) in [6, 6.07) is 30.6. The lowest BCUT2D eigenvalue weighted by molar-refractivity contribution is -0.116. The Morgan fingerprint density at radius 3 is 2.56 bits per heavy atom. The summed E-state index contributed by atoms with van der Waals surface area (Å²) in [5, 5.41) is 14.1. The van der Waals surface area contributed by atoms with Gasteiger partial charge in [-0.2, -0.15) is 0 Å². The minimum absolute atomic E-state index is 0.158. The molecule has 34 heavy (non-hydrogen) atoms. The van der Waals surface area contributed by atoms with Gasteiger partial charge >= 0.3 is 0 Å².